The Morgan fingerprint density at radius 2 is 2.11 bits per heavy atom. The molecule has 1 aromatic rings. The molecule has 0 heterocycles. The van der Waals surface area contributed by atoms with Gasteiger partial charge in [0, 0.05) is 23.2 Å². The van der Waals surface area contributed by atoms with Crippen LogP contribution in [0.3, 0.4) is 0 Å². The number of amides is 1. The van der Waals surface area contributed by atoms with Crippen LogP contribution in [0.5, 0.6) is 5.75 Å². The van der Waals surface area contributed by atoms with Crippen molar-refractivity contribution in [3.63, 3.8) is 0 Å². The summed E-state index contributed by atoms with van der Waals surface area (Å²) in [5.74, 6) is 0.873. The predicted octanol–water partition coefficient (Wildman–Crippen LogP) is 2.51. The number of benzene rings is 1. The largest absolute Gasteiger partial charge is 0.483 e. The van der Waals surface area contributed by atoms with Crippen LogP contribution in [-0.2, 0) is 4.79 Å². The van der Waals surface area contributed by atoms with Crippen LogP contribution in [-0.4, -0.2) is 19.1 Å². The molecule has 106 valence electrons. The predicted molar refractivity (Wildman–Crippen MR) is 77.4 cm³/mol. The van der Waals surface area contributed by atoms with Crippen LogP contribution < -0.4 is 15.8 Å². The quantitative estimate of drug-likeness (QED) is 0.844. The molecule has 0 aliphatic heterocycles. The van der Waals surface area contributed by atoms with Gasteiger partial charge in [0.15, 0.2) is 6.61 Å². The lowest BCUT2D eigenvalue weighted by atomic mass is 10.1. The molecule has 5 heteroatoms. The molecule has 1 rings (SSSR count). The van der Waals surface area contributed by atoms with Crippen molar-refractivity contribution in [2.24, 2.45) is 11.7 Å². The van der Waals surface area contributed by atoms with Gasteiger partial charge in [0.1, 0.15) is 5.75 Å². The molecule has 0 aromatic heterocycles. The Bertz CT molecular complexity index is 433. The van der Waals surface area contributed by atoms with Crippen molar-refractivity contribution in [3.8, 4) is 5.75 Å². The minimum Gasteiger partial charge on any atom is -0.483 e. The molecule has 1 amide bonds. The molecule has 0 unspecified atom stereocenters. The lowest BCUT2D eigenvalue weighted by molar-refractivity contribution is -0.123. The average Bonchev–Trinajstić information content (AvgIpc) is 2.34. The van der Waals surface area contributed by atoms with E-state index in [1.165, 1.54) is 0 Å². The van der Waals surface area contributed by atoms with Gasteiger partial charge in [-0.2, -0.15) is 0 Å². The fourth-order valence-electron chi connectivity index (χ4n) is 1.52. The van der Waals surface area contributed by atoms with Crippen LogP contribution >= 0.6 is 11.6 Å². The van der Waals surface area contributed by atoms with Gasteiger partial charge < -0.3 is 15.8 Å². The maximum absolute atomic E-state index is 11.6. The summed E-state index contributed by atoms with van der Waals surface area (Å²) in [6.45, 7) is 6.54. The van der Waals surface area contributed by atoms with Gasteiger partial charge in [0.25, 0.3) is 5.91 Å². The normalized spacial score (nSPS) is 12.3. The summed E-state index contributed by atoms with van der Waals surface area (Å²) < 4.78 is 5.50. The highest BCUT2D eigenvalue weighted by molar-refractivity contribution is 6.30. The molecule has 19 heavy (non-hydrogen) atoms. The lowest BCUT2D eigenvalue weighted by Crippen LogP contribution is -2.31. The molecule has 0 fully saturated rings. The Morgan fingerprint density at radius 3 is 2.68 bits per heavy atom. The summed E-state index contributed by atoms with van der Waals surface area (Å²) in [6.07, 6.45) is 0. The summed E-state index contributed by atoms with van der Waals surface area (Å²) in [4.78, 5) is 11.6. The summed E-state index contributed by atoms with van der Waals surface area (Å²) in [5.41, 5.74) is 6.64. The highest BCUT2D eigenvalue weighted by Crippen LogP contribution is 2.27. The third kappa shape index (κ3) is 5.49. The summed E-state index contributed by atoms with van der Waals surface area (Å²) in [5, 5.41) is 3.39. The zero-order valence-electron chi connectivity index (χ0n) is 11.6. The van der Waals surface area contributed by atoms with Crippen LogP contribution in [0.15, 0.2) is 18.2 Å². The van der Waals surface area contributed by atoms with Crippen molar-refractivity contribution in [2.75, 3.05) is 13.2 Å². The Labute approximate surface area is 119 Å². The van der Waals surface area contributed by atoms with E-state index in [2.05, 4.69) is 5.32 Å². The second-order valence-electron chi connectivity index (χ2n) is 4.96. The van der Waals surface area contributed by atoms with Crippen molar-refractivity contribution in [1.82, 2.24) is 5.32 Å². The number of ether oxygens (including phenoxy) is 1. The van der Waals surface area contributed by atoms with E-state index in [1.54, 1.807) is 18.2 Å². The Morgan fingerprint density at radius 1 is 1.42 bits per heavy atom. The van der Waals surface area contributed by atoms with Gasteiger partial charge in [-0.05, 0) is 31.0 Å². The van der Waals surface area contributed by atoms with E-state index < -0.39 is 0 Å². The van der Waals surface area contributed by atoms with Crippen LogP contribution in [0, 0.1) is 5.92 Å². The molecule has 4 nitrogen and oxygen atoms in total. The van der Waals surface area contributed by atoms with Gasteiger partial charge in [-0.3, -0.25) is 4.79 Å². The fourth-order valence-corrected chi connectivity index (χ4v) is 1.70. The first kappa shape index (κ1) is 15.8. The van der Waals surface area contributed by atoms with E-state index >= 15 is 0 Å². The number of nitrogens with one attached hydrogen (secondary N) is 1. The van der Waals surface area contributed by atoms with Gasteiger partial charge in [0.05, 0.1) is 0 Å². The summed E-state index contributed by atoms with van der Waals surface area (Å²) in [6, 6.07) is 5.01. The van der Waals surface area contributed by atoms with Crippen molar-refractivity contribution < 1.29 is 9.53 Å². The molecule has 1 aromatic carbocycles. The van der Waals surface area contributed by atoms with Gasteiger partial charge in [-0.15, -0.1) is 0 Å². The highest BCUT2D eigenvalue weighted by Gasteiger charge is 2.11. The fraction of sp³-hybridized carbons (Fsp3) is 0.500. The van der Waals surface area contributed by atoms with E-state index in [9.17, 15) is 4.79 Å². The number of hydrogen-bond acceptors (Lipinski definition) is 3. The van der Waals surface area contributed by atoms with E-state index in [-0.39, 0.29) is 18.6 Å². The number of hydrogen-bond donors (Lipinski definition) is 2. The van der Waals surface area contributed by atoms with Crippen molar-refractivity contribution in [1.29, 1.82) is 0 Å². The standard InChI is InChI=1S/C14H21ClN2O2/c1-9(2)7-17-14(18)8-19-13-5-4-11(15)6-12(13)10(3)16/h4-6,9-10H,7-8,16H2,1-3H3,(H,17,18)/t10-/m1/s1. The molecule has 3 N–H and O–H groups in total. The lowest BCUT2D eigenvalue weighted by Gasteiger charge is -2.14. The van der Waals surface area contributed by atoms with Crippen molar-refractivity contribution in [2.45, 2.75) is 26.8 Å². The topological polar surface area (TPSA) is 64.3 Å². The summed E-state index contributed by atoms with van der Waals surface area (Å²) in [7, 11) is 0. The van der Waals surface area contributed by atoms with Crippen molar-refractivity contribution in [3.05, 3.63) is 28.8 Å². The molecule has 0 bridgehead atoms. The van der Waals surface area contributed by atoms with Crippen LogP contribution in [0.4, 0.5) is 0 Å². The molecule has 0 spiro atoms. The molecule has 0 saturated carbocycles. The highest BCUT2D eigenvalue weighted by atomic mass is 35.5. The van der Waals surface area contributed by atoms with E-state index in [1.807, 2.05) is 20.8 Å². The Balaban J connectivity index is 2.60. The van der Waals surface area contributed by atoms with Crippen LogP contribution in [0.2, 0.25) is 5.02 Å². The number of rotatable bonds is 6. The van der Waals surface area contributed by atoms with Gasteiger partial charge >= 0.3 is 0 Å². The van der Waals surface area contributed by atoms with Gasteiger partial charge in [-0.1, -0.05) is 25.4 Å². The number of halogens is 1. The maximum Gasteiger partial charge on any atom is 0.257 e. The zero-order chi connectivity index (χ0) is 14.4. The number of carbonyl (C=O) groups excluding carboxylic acids is 1. The first-order chi connectivity index (χ1) is 8.90. The average molecular weight is 285 g/mol. The van der Waals surface area contributed by atoms with Crippen LogP contribution in [0.25, 0.3) is 0 Å². The molecule has 0 radical (unpaired) electrons. The monoisotopic (exact) mass is 284 g/mol. The molecule has 0 aliphatic carbocycles. The van der Waals surface area contributed by atoms with Crippen molar-refractivity contribution >= 4 is 17.5 Å². The van der Waals surface area contributed by atoms with E-state index in [0.29, 0.717) is 23.2 Å². The third-order valence-electron chi connectivity index (χ3n) is 2.53. The van der Waals surface area contributed by atoms with Gasteiger partial charge in [-0.25, -0.2) is 0 Å². The second kappa shape index (κ2) is 7.36. The molecular formula is C14H21ClN2O2. The summed E-state index contributed by atoms with van der Waals surface area (Å²) >= 11 is 5.92. The second-order valence-corrected chi connectivity index (χ2v) is 5.39. The van der Waals surface area contributed by atoms with Crippen LogP contribution in [0.1, 0.15) is 32.4 Å². The number of nitrogens with two attached hydrogens (primary N) is 1. The smallest absolute Gasteiger partial charge is 0.257 e. The minimum atomic E-state index is -0.201. The zero-order valence-corrected chi connectivity index (χ0v) is 12.3. The van der Waals surface area contributed by atoms with E-state index in [0.717, 1.165) is 5.56 Å². The molecule has 0 aliphatic rings. The molecule has 1 atom stereocenters. The number of carbonyl (C=O) groups is 1. The Kier molecular flexibility index (Phi) is 6.12. The SMILES string of the molecule is CC(C)CNC(=O)COc1ccc(Cl)cc1[C@@H](C)N. The molecule has 0 saturated heterocycles. The Hall–Kier alpha value is -1.26. The minimum absolute atomic E-state index is 0.0198. The molecular weight excluding hydrogens is 264 g/mol. The first-order valence-corrected chi connectivity index (χ1v) is 6.72. The third-order valence-corrected chi connectivity index (χ3v) is 2.76. The van der Waals surface area contributed by atoms with E-state index in [4.69, 9.17) is 22.1 Å². The van der Waals surface area contributed by atoms with Gasteiger partial charge in [0.2, 0.25) is 0 Å². The maximum atomic E-state index is 11.6. The first-order valence-electron chi connectivity index (χ1n) is 6.34.